The van der Waals surface area contributed by atoms with Crippen LogP contribution in [0.2, 0.25) is 0 Å². The highest BCUT2D eigenvalue weighted by Crippen LogP contribution is 2.33. The van der Waals surface area contributed by atoms with Crippen LogP contribution < -0.4 is 15.8 Å². The van der Waals surface area contributed by atoms with Gasteiger partial charge in [0, 0.05) is 67.6 Å². The number of alkyl halides is 2. The number of carbonyl (C=O) groups excluding carboxylic acids is 1. The van der Waals surface area contributed by atoms with Crippen LogP contribution in [0.15, 0.2) is 71.9 Å². The number of nitrogens with one attached hydrogen (secondary N) is 1. The van der Waals surface area contributed by atoms with Gasteiger partial charge in [0.25, 0.3) is 17.4 Å². The number of amides is 1. The van der Waals surface area contributed by atoms with E-state index in [1.165, 1.54) is 22.5 Å². The smallest absolute Gasteiger partial charge is 0.326 e. The molecular weight excluding hydrogens is 675 g/mol. The lowest BCUT2D eigenvalue weighted by atomic mass is 9.95. The van der Waals surface area contributed by atoms with Gasteiger partial charge in [-0.15, -0.1) is 0 Å². The van der Waals surface area contributed by atoms with Gasteiger partial charge in [-0.2, -0.15) is 0 Å². The first-order chi connectivity index (χ1) is 24.8. The standard InChI is InChI=1S/C35H32F3N5O5.2C2H6/c1-19-13-22(43-11-12-48-18-29(43)35(2,37)38)16-26(36)30(19)32(44)41-27(34(46)47)15-20-6-7-24(31-23(20)5-4-9-40-31)25-14-21-17-39-10-8-28(21)42(3)33(25)45;2*1-2/h4-10,13-14,16-17,27,29H,11-12,15,18H2,1-3H3,(H,41,44)(H,46,47);2*1-2H3/t27-,29-;;/m0../s1. The predicted molar refractivity (Wildman–Crippen MR) is 197 cm³/mol. The second kappa shape index (κ2) is 16.8. The highest BCUT2D eigenvalue weighted by atomic mass is 19.3. The minimum absolute atomic E-state index is 0.105. The number of aliphatic carboxylic acids is 1. The molecule has 0 saturated carbocycles. The second-order valence-electron chi connectivity index (χ2n) is 12.0. The largest absolute Gasteiger partial charge is 0.480 e. The number of ether oxygens (including phenoxy) is 1. The molecule has 13 heteroatoms. The van der Waals surface area contributed by atoms with E-state index in [9.17, 15) is 28.3 Å². The van der Waals surface area contributed by atoms with E-state index in [1.54, 1.807) is 62.0 Å². The first kappa shape index (κ1) is 39.5. The highest BCUT2D eigenvalue weighted by molar-refractivity contribution is 6.00. The third-order valence-corrected chi connectivity index (χ3v) is 8.75. The average molecular weight is 720 g/mol. The maximum absolute atomic E-state index is 15.5. The number of anilines is 1. The molecule has 5 aromatic rings. The first-order valence-corrected chi connectivity index (χ1v) is 17.2. The van der Waals surface area contributed by atoms with Gasteiger partial charge in [0.1, 0.15) is 17.9 Å². The molecule has 0 bridgehead atoms. The van der Waals surface area contributed by atoms with Crippen LogP contribution in [0.5, 0.6) is 0 Å². The van der Waals surface area contributed by atoms with Gasteiger partial charge in [-0.05, 0) is 48.4 Å². The summed E-state index contributed by atoms with van der Waals surface area (Å²) in [5.74, 6) is -6.41. The Morgan fingerprint density at radius 1 is 1.08 bits per heavy atom. The number of benzene rings is 2. The number of carboxylic acid groups (broad SMARTS) is 1. The van der Waals surface area contributed by atoms with Crippen LogP contribution in [-0.2, 0) is 23.0 Å². The zero-order chi connectivity index (χ0) is 38.3. The molecule has 1 saturated heterocycles. The molecule has 1 fully saturated rings. The van der Waals surface area contributed by atoms with Crippen LogP contribution >= 0.6 is 0 Å². The van der Waals surface area contributed by atoms with Crippen molar-refractivity contribution < 1.29 is 32.6 Å². The summed E-state index contributed by atoms with van der Waals surface area (Å²) in [4.78, 5) is 49.2. The Morgan fingerprint density at radius 3 is 2.48 bits per heavy atom. The average Bonchev–Trinajstić information content (AvgIpc) is 3.14. The number of halogens is 3. The maximum atomic E-state index is 15.5. The van der Waals surface area contributed by atoms with Crippen molar-refractivity contribution in [2.24, 2.45) is 7.05 Å². The van der Waals surface area contributed by atoms with Crippen LogP contribution in [0.4, 0.5) is 18.9 Å². The fourth-order valence-electron chi connectivity index (χ4n) is 6.31. The molecule has 0 radical (unpaired) electrons. The molecule has 4 heterocycles. The molecule has 0 aliphatic carbocycles. The molecule has 2 aromatic carbocycles. The van der Waals surface area contributed by atoms with Crippen molar-refractivity contribution >= 4 is 39.4 Å². The molecule has 10 nitrogen and oxygen atoms in total. The fraction of sp³-hybridized carbons (Fsp3) is 0.359. The Hall–Kier alpha value is -5.30. The summed E-state index contributed by atoms with van der Waals surface area (Å²) in [6, 6.07) is 9.93. The summed E-state index contributed by atoms with van der Waals surface area (Å²) in [6.07, 6.45) is 4.65. The van der Waals surface area contributed by atoms with E-state index in [2.05, 4.69) is 15.3 Å². The van der Waals surface area contributed by atoms with Crippen molar-refractivity contribution in [2.75, 3.05) is 24.7 Å². The molecule has 6 rings (SSSR count). The quantitative estimate of drug-likeness (QED) is 0.177. The van der Waals surface area contributed by atoms with Crippen molar-refractivity contribution in [1.29, 1.82) is 0 Å². The molecule has 3 aromatic heterocycles. The van der Waals surface area contributed by atoms with Crippen LogP contribution in [0, 0.1) is 12.7 Å². The number of pyridine rings is 3. The zero-order valence-corrected chi connectivity index (χ0v) is 30.3. The van der Waals surface area contributed by atoms with E-state index >= 15 is 4.39 Å². The number of rotatable bonds is 8. The van der Waals surface area contributed by atoms with Gasteiger partial charge in [-0.25, -0.2) is 18.0 Å². The maximum Gasteiger partial charge on any atom is 0.326 e. The van der Waals surface area contributed by atoms with Crippen molar-refractivity contribution in [3.63, 3.8) is 0 Å². The van der Waals surface area contributed by atoms with Gasteiger partial charge < -0.3 is 24.6 Å². The minimum Gasteiger partial charge on any atom is -0.480 e. The van der Waals surface area contributed by atoms with E-state index in [1.807, 2.05) is 27.7 Å². The van der Waals surface area contributed by atoms with Gasteiger partial charge in [-0.1, -0.05) is 45.9 Å². The van der Waals surface area contributed by atoms with Crippen molar-refractivity contribution in [3.8, 4) is 11.1 Å². The summed E-state index contributed by atoms with van der Waals surface area (Å²) < 4.78 is 50.8. The van der Waals surface area contributed by atoms with E-state index < -0.39 is 35.7 Å². The first-order valence-electron chi connectivity index (χ1n) is 17.2. The minimum atomic E-state index is -3.13. The van der Waals surface area contributed by atoms with E-state index in [0.717, 1.165) is 18.4 Å². The van der Waals surface area contributed by atoms with Gasteiger partial charge in [0.05, 0.1) is 35.4 Å². The molecule has 2 atom stereocenters. The van der Waals surface area contributed by atoms with Crippen LogP contribution in [0.1, 0.15) is 56.1 Å². The van der Waals surface area contributed by atoms with Gasteiger partial charge in [0.15, 0.2) is 0 Å². The highest BCUT2D eigenvalue weighted by Gasteiger charge is 2.41. The number of aromatic nitrogens is 3. The lowest BCUT2D eigenvalue weighted by Crippen LogP contribution is -2.54. The molecule has 1 aliphatic heterocycles. The molecule has 2 N–H and O–H groups in total. The second-order valence-corrected chi connectivity index (χ2v) is 12.0. The summed E-state index contributed by atoms with van der Waals surface area (Å²) in [5, 5.41) is 13.8. The Morgan fingerprint density at radius 2 is 1.81 bits per heavy atom. The monoisotopic (exact) mass is 719 g/mol. The Balaban J connectivity index is 0.00000146. The SMILES string of the molecule is CC.CC.Cc1cc(N2CCOC[C@H]2C(C)(F)F)cc(F)c1C(=O)N[C@@H](Cc1ccc(-c2cc3cnccc3n(C)c2=O)c2ncccc12)C(=O)O. The molecular formula is C39H44F3N5O5. The number of nitrogens with zero attached hydrogens (tertiary/aromatic N) is 4. The molecule has 1 amide bonds. The van der Waals surface area contributed by atoms with Gasteiger partial charge in [0.2, 0.25) is 0 Å². The lowest BCUT2D eigenvalue weighted by Gasteiger charge is -2.40. The molecule has 1 aliphatic rings. The number of fused-ring (bicyclic) bond motifs is 2. The number of morpholine rings is 1. The number of hydrogen-bond acceptors (Lipinski definition) is 7. The third-order valence-electron chi connectivity index (χ3n) is 8.75. The Bertz CT molecular complexity index is 2110. The summed E-state index contributed by atoms with van der Waals surface area (Å²) in [5.41, 5.74) is 2.31. The predicted octanol–water partition coefficient (Wildman–Crippen LogP) is 6.93. The van der Waals surface area contributed by atoms with Crippen molar-refractivity contribution in [1.82, 2.24) is 19.9 Å². The molecule has 276 valence electrons. The molecule has 0 spiro atoms. The lowest BCUT2D eigenvalue weighted by molar-refractivity contribution is -0.139. The Labute approximate surface area is 300 Å². The van der Waals surface area contributed by atoms with Crippen LogP contribution in [0.25, 0.3) is 32.9 Å². The number of aryl methyl sites for hydroxylation is 2. The van der Waals surface area contributed by atoms with Crippen LogP contribution in [-0.4, -0.2) is 69.3 Å². The van der Waals surface area contributed by atoms with Crippen molar-refractivity contribution in [2.45, 2.75) is 66.0 Å². The number of carboxylic acids is 1. The summed E-state index contributed by atoms with van der Waals surface area (Å²) in [6.45, 7) is 10.3. The van der Waals surface area contributed by atoms with E-state index in [-0.39, 0.29) is 48.6 Å². The number of hydrogen-bond donors (Lipinski definition) is 2. The molecule has 52 heavy (non-hydrogen) atoms. The third kappa shape index (κ3) is 8.09. The zero-order valence-electron chi connectivity index (χ0n) is 30.3. The number of carbonyl (C=O) groups is 2. The topological polar surface area (TPSA) is 127 Å². The molecule has 0 unspecified atom stereocenters. The van der Waals surface area contributed by atoms with E-state index in [4.69, 9.17) is 4.74 Å². The fourth-order valence-corrected chi connectivity index (χ4v) is 6.31. The van der Waals surface area contributed by atoms with Gasteiger partial charge in [-0.3, -0.25) is 19.6 Å². The van der Waals surface area contributed by atoms with E-state index in [0.29, 0.717) is 33.1 Å². The van der Waals surface area contributed by atoms with Gasteiger partial charge >= 0.3 is 5.97 Å². The van der Waals surface area contributed by atoms with Crippen molar-refractivity contribution in [3.05, 3.63) is 100.0 Å². The van der Waals surface area contributed by atoms with Crippen LogP contribution in [0.3, 0.4) is 0 Å². The normalized spacial score (nSPS) is 14.9. The summed E-state index contributed by atoms with van der Waals surface area (Å²) >= 11 is 0. The summed E-state index contributed by atoms with van der Waals surface area (Å²) in [7, 11) is 1.67. The Kier molecular flexibility index (Phi) is 12.8.